The lowest BCUT2D eigenvalue weighted by molar-refractivity contribution is -0.116. The molecule has 0 saturated carbocycles. The smallest absolute Gasteiger partial charge is 0.276 e. The monoisotopic (exact) mass is 408 g/mol. The Kier molecular flexibility index (Phi) is 5.85. The molecule has 7 heteroatoms. The van der Waals surface area contributed by atoms with Crippen molar-refractivity contribution in [1.29, 1.82) is 0 Å². The Morgan fingerprint density at radius 3 is 2.76 bits per heavy atom. The number of hydrazone groups is 1. The van der Waals surface area contributed by atoms with Crippen LogP contribution in [0, 0.1) is 0 Å². The number of carbonyl (C=O) groups excluding carboxylic acids is 1. The van der Waals surface area contributed by atoms with Gasteiger partial charge in [-0.3, -0.25) is 15.1 Å². The zero-order chi connectivity index (χ0) is 20.2. The summed E-state index contributed by atoms with van der Waals surface area (Å²) in [5.41, 5.74) is 1.42. The van der Waals surface area contributed by atoms with E-state index in [1.54, 1.807) is 5.01 Å². The van der Waals surface area contributed by atoms with Crippen LogP contribution in [0.25, 0.3) is 5.70 Å². The Morgan fingerprint density at radius 2 is 1.93 bits per heavy atom. The van der Waals surface area contributed by atoms with Crippen molar-refractivity contribution in [1.82, 2.24) is 10.3 Å². The lowest BCUT2D eigenvalue weighted by Crippen LogP contribution is -2.50. The van der Waals surface area contributed by atoms with E-state index in [0.29, 0.717) is 17.5 Å². The number of nitrogens with one attached hydrogen (secondary N) is 1. The Balaban J connectivity index is 1.85. The number of para-hydroxylation sites is 2. The van der Waals surface area contributed by atoms with Crippen LogP contribution in [0.3, 0.4) is 0 Å². The van der Waals surface area contributed by atoms with Gasteiger partial charge >= 0.3 is 0 Å². The highest BCUT2D eigenvalue weighted by molar-refractivity contribution is 8.13. The Labute approximate surface area is 174 Å². The minimum Gasteiger partial charge on any atom is -0.493 e. The van der Waals surface area contributed by atoms with Gasteiger partial charge in [0.15, 0.2) is 11.3 Å². The summed E-state index contributed by atoms with van der Waals surface area (Å²) in [4.78, 5) is 17.9. The standard InChI is InChI=1S/C22H24N4O2S/c1-3-5-14-28-18-13-9-7-11-16(18)20-23-17-12-8-6-10-15(17)19-21(27)24-22(29-4-2)25-26(19)20/h6-13,20H,3-5,14H2,1-2H3,(H,24,25,27). The quantitative estimate of drug-likeness (QED) is 0.747. The van der Waals surface area contributed by atoms with Crippen LogP contribution in [0.15, 0.2) is 58.6 Å². The molecule has 1 N–H and O–H groups in total. The summed E-state index contributed by atoms with van der Waals surface area (Å²) in [5, 5.41) is 11.5. The molecule has 2 aliphatic heterocycles. The Hall–Kier alpha value is -2.80. The summed E-state index contributed by atoms with van der Waals surface area (Å²) in [5.74, 6) is 1.43. The summed E-state index contributed by atoms with van der Waals surface area (Å²) in [7, 11) is 0. The Morgan fingerprint density at radius 1 is 1.14 bits per heavy atom. The van der Waals surface area contributed by atoms with Gasteiger partial charge in [-0.05, 0) is 24.3 Å². The van der Waals surface area contributed by atoms with Gasteiger partial charge in [0.2, 0.25) is 0 Å². The predicted molar refractivity (Wildman–Crippen MR) is 116 cm³/mol. The molecule has 6 nitrogen and oxygen atoms in total. The second-order valence-corrected chi connectivity index (χ2v) is 8.00. The van der Waals surface area contributed by atoms with E-state index in [9.17, 15) is 4.79 Å². The molecule has 0 spiro atoms. The highest BCUT2D eigenvalue weighted by Crippen LogP contribution is 2.35. The first-order valence-corrected chi connectivity index (χ1v) is 10.9. The molecule has 0 aromatic heterocycles. The maximum atomic E-state index is 13.0. The molecule has 1 amide bonds. The molecule has 29 heavy (non-hydrogen) atoms. The van der Waals surface area contributed by atoms with Crippen molar-refractivity contribution in [3.05, 3.63) is 64.7 Å². The van der Waals surface area contributed by atoms with E-state index in [4.69, 9.17) is 14.8 Å². The highest BCUT2D eigenvalue weighted by Gasteiger charge is 2.35. The molecule has 2 aromatic carbocycles. The van der Waals surface area contributed by atoms with Gasteiger partial charge in [0.1, 0.15) is 11.4 Å². The largest absolute Gasteiger partial charge is 0.493 e. The summed E-state index contributed by atoms with van der Waals surface area (Å²) in [6.07, 6.45) is 1.59. The number of rotatable bonds is 6. The normalized spacial score (nSPS) is 17.7. The number of thioether (sulfide) groups is 1. The lowest BCUT2D eigenvalue weighted by atomic mass is 10.1. The second kappa shape index (κ2) is 8.69. The van der Waals surface area contributed by atoms with E-state index in [-0.39, 0.29) is 5.91 Å². The van der Waals surface area contributed by atoms with Crippen molar-refractivity contribution in [3.63, 3.8) is 0 Å². The second-order valence-electron chi connectivity index (χ2n) is 6.75. The van der Waals surface area contributed by atoms with Crippen LogP contribution in [0.5, 0.6) is 5.75 Å². The van der Waals surface area contributed by atoms with Gasteiger partial charge in [0.25, 0.3) is 5.91 Å². The van der Waals surface area contributed by atoms with Crippen LogP contribution < -0.4 is 20.6 Å². The van der Waals surface area contributed by atoms with Crippen LogP contribution >= 0.6 is 11.8 Å². The molecule has 1 unspecified atom stereocenters. The first kappa shape index (κ1) is 19.5. The molecule has 2 heterocycles. The topological polar surface area (TPSA) is 66.3 Å². The lowest BCUT2D eigenvalue weighted by Gasteiger charge is -2.34. The number of unbranched alkanes of at least 4 members (excludes halogenated alkanes) is 1. The maximum Gasteiger partial charge on any atom is 0.276 e. The first-order valence-electron chi connectivity index (χ1n) is 9.93. The summed E-state index contributed by atoms with van der Waals surface area (Å²) in [6, 6.07) is 15.6. The minimum absolute atomic E-state index is 0.160. The predicted octanol–water partition coefficient (Wildman–Crippen LogP) is 2.76. The fourth-order valence-corrected chi connectivity index (χ4v) is 3.97. The molecule has 0 radical (unpaired) electrons. The molecule has 1 atom stereocenters. The van der Waals surface area contributed by atoms with Crippen molar-refractivity contribution in [2.45, 2.75) is 32.9 Å². The fourth-order valence-electron chi connectivity index (χ4n) is 3.38. The van der Waals surface area contributed by atoms with E-state index in [0.717, 1.165) is 40.5 Å². The third-order valence-electron chi connectivity index (χ3n) is 4.75. The van der Waals surface area contributed by atoms with Gasteiger partial charge in [0, 0.05) is 10.8 Å². The average Bonchev–Trinajstić information content (AvgIpc) is 2.74. The van der Waals surface area contributed by atoms with Crippen LogP contribution in [-0.4, -0.2) is 28.4 Å². The zero-order valence-corrected chi connectivity index (χ0v) is 17.4. The van der Waals surface area contributed by atoms with E-state index in [1.807, 2.05) is 55.5 Å². The zero-order valence-electron chi connectivity index (χ0n) is 16.6. The van der Waals surface area contributed by atoms with Crippen molar-refractivity contribution in [2.75, 3.05) is 12.4 Å². The number of fused-ring (bicyclic) bond motifs is 2. The minimum atomic E-state index is -0.462. The number of ether oxygens (including phenoxy) is 1. The third kappa shape index (κ3) is 3.87. The highest BCUT2D eigenvalue weighted by atomic mass is 32.2. The molecular formula is C22H24N4O2S. The molecule has 150 valence electrons. The Bertz CT molecular complexity index is 1070. The average molecular weight is 409 g/mol. The van der Waals surface area contributed by atoms with Crippen LogP contribution in [0.4, 0.5) is 0 Å². The first-order chi connectivity index (χ1) is 14.2. The number of hydrogen-bond donors (Lipinski definition) is 1. The molecule has 4 rings (SSSR count). The third-order valence-corrected chi connectivity index (χ3v) is 5.49. The van der Waals surface area contributed by atoms with Gasteiger partial charge < -0.3 is 4.74 Å². The number of amidine groups is 1. The molecule has 0 aliphatic carbocycles. The molecule has 0 bridgehead atoms. The van der Waals surface area contributed by atoms with Crippen molar-refractivity contribution >= 4 is 28.5 Å². The number of nitrogens with zero attached hydrogens (tertiary/aromatic N) is 3. The summed E-state index contributed by atoms with van der Waals surface area (Å²) < 4.78 is 6.05. The van der Waals surface area contributed by atoms with Gasteiger partial charge in [-0.2, -0.15) is 0 Å². The van der Waals surface area contributed by atoms with Crippen molar-refractivity contribution in [3.8, 4) is 5.75 Å². The van der Waals surface area contributed by atoms with E-state index >= 15 is 0 Å². The fraction of sp³-hybridized carbons (Fsp3) is 0.318. The number of carbonyl (C=O) groups is 1. The number of hydrogen-bond acceptors (Lipinski definition) is 6. The summed E-state index contributed by atoms with van der Waals surface area (Å²) in [6.45, 7) is 4.81. The van der Waals surface area contributed by atoms with Crippen molar-refractivity contribution < 1.29 is 9.53 Å². The van der Waals surface area contributed by atoms with Gasteiger partial charge in [-0.15, -0.1) is 5.10 Å². The van der Waals surface area contributed by atoms with E-state index in [1.165, 1.54) is 11.8 Å². The maximum absolute atomic E-state index is 13.0. The van der Waals surface area contributed by atoms with Gasteiger partial charge in [-0.25, -0.2) is 5.01 Å². The van der Waals surface area contributed by atoms with Crippen LogP contribution in [0.2, 0.25) is 0 Å². The van der Waals surface area contributed by atoms with Crippen molar-refractivity contribution in [2.24, 2.45) is 10.1 Å². The molecular weight excluding hydrogens is 384 g/mol. The molecule has 0 saturated heterocycles. The molecule has 2 aliphatic rings. The SMILES string of the molecule is CCCCOc1ccccc1C1N=c2ccccc2=C2C(=O)NC(SCC)=NN21. The van der Waals surface area contributed by atoms with Crippen LogP contribution in [-0.2, 0) is 4.79 Å². The molecule has 2 aromatic rings. The van der Waals surface area contributed by atoms with Gasteiger partial charge in [0.05, 0.1) is 12.0 Å². The van der Waals surface area contributed by atoms with Crippen LogP contribution in [0.1, 0.15) is 38.4 Å². The van der Waals surface area contributed by atoms with E-state index < -0.39 is 6.17 Å². The number of amides is 1. The molecule has 0 fully saturated rings. The number of benzene rings is 2. The van der Waals surface area contributed by atoms with Gasteiger partial charge in [-0.1, -0.05) is 68.4 Å². The van der Waals surface area contributed by atoms with E-state index in [2.05, 4.69) is 12.2 Å². The summed E-state index contributed by atoms with van der Waals surface area (Å²) >= 11 is 1.50.